The summed E-state index contributed by atoms with van der Waals surface area (Å²) in [5, 5.41) is -0.660. The summed E-state index contributed by atoms with van der Waals surface area (Å²) in [5.74, 6) is -1.91. The molecule has 0 fully saturated rings. The summed E-state index contributed by atoms with van der Waals surface area (Å²) < 4.78 is 50.0. The third-order valence-corrected chi connectivity index (χ3v) is 2.03. The van der Waals surface area contributed by atoms with Crippen LogP contribution in [0.25, 0.3) is 0 Å². The average Bonchev–Trinajstić information content (AvgIpc) is 2.06. The molecule has 0 saturated carbocycles. The van der Waals surface area contributed by atoms with Crippen molar-refractivity contribution in [2.45, 2.75) is 13.1 Å². The second kappa shape index (κ2) is 3.81. The van der Waals surface area contributed by atoms with E-state index in [1.54, 1.807) is 0 Å². The zero-order valence-electron chi connectivity index (χ0n) is 7.45. The Bertz CT molecular complexity index is 411. The molecule has 0 heterocycles. The third kappa shape index (κ3) is 2.47. The number of rotatable bonds is 1. The van der Waals surface area contributed by atoms with Gasteiger partial charge in [0.25, 0.3) is 0 Å². The predicted octanol–water partition coefficient (Wildman–Crippen LogP) is 3.70. The summed E-state index contributed by atoms with van der Waals surface area (Å²) >= 11 is 5.21. The van der Waals surface area contributed by atoms with Gasteiger partial charge in [-0.15, -0.1) is 0 Å². The van der Waals surface area contributed by atoms with Crippen molar-refractivity contribution < 1.29 is 22.4 Å². The molecule has 0 bridgehead atoms. The number of alkyl halides is 3. The summed E-state index contributed by atoms with van der Waals surface area (Å²) in [4.78, 5) is 10.9. The highest BCUT2D eigenvalue weighted by molar-refractivity contribution is 6.31. The summed E-state index contributed by atoms with van der Waals surface area (Å²) in [6, 6.07) is 0.904. The monoisotopic (exact) mass is 240 g/mol. The lowest BCUT2D eigenvalue weighted by atomic mass is 10.0. The highest BCUT2D eigenvalue weighted by atomic mass is 35.5. The number of benzene rings is 1. The minimum Gasteiger partial charge on any atom is -0.294 e. The van der Waals surface area contributed by atoms with Gasteiger partial charge >= 0.3 is 6.18 Å². The molecule has 6 heteroatoms. The van der Waals surface area contributed by atoms with Crippen molar-refractivity contribution in [3.63, 3.8) is 0 Å². The number of hydrogen-bond acceptors (Lipinski definition) is 1. The van der Waals surface area contributed by atoms with Crippen LogP contribution >= 0.6 is 11.6 Å². The van der Waals surface area contributed by atoms with E-state index in [4.69, 9.17) is 11.6 Å². The number of carbonyl (C=O) groups is 1. The molecule has 0 N–H and O–H groups in total. The summed E-state index contributed by atoms with van der Waals surface area (Å²) in [5.41, 5.74) is -1.94. The Balaban J connectivity index is 3.49. The van der Waals surface area contributed by atoms with Crippen LogP contribution in [0.4, 0.5) is 17.6 Å². The second-order valence-corrected chi connectivity index (χ2v) is 3.27. The first-order valence-corrected chi connectivity index (χ1v) is 4.18. The van der Waals surface area contributed by atoms with Gasteiger partial charge in [0.1, 0.15) is 5.82 Å². The molecule has 1 aromatic carbocycles. The molecule has 0 spiro atoms. The molecule has 82 valence electrons. The van der Waals surface area contributed by atoms with Crippen LogP contribution in [0.2, 0.25) is 5.02 Å². The van der Waals surface area contributed by atoms with Gasteiger partial charge in [-0.1, -0.05) is 11.6 Å². The lowest BCUT2D eigenvalue weighted by Gasteiger charge is -2.11. The Labute approximate surface area is 87.7 Å². The zero-order chi connectivity index (χ0) is 11.8. The summed E-state index contributed by atoms with van der Waals surface area (Å²) in [6.45, 7) is 0.928. The minimum absolute atomic E-state index is 0.410. The van der Waals surface area contributed by atoms with Crippen LogP contribution in [0.3, 0.4) is 0 Å². The first kappa shape index (κ1) is 12.0. The normalized spacial score (nSPS) is 11.6. The van der Waals surface area contributed by atoms with Crippen molar-refractivity contribution in [1.29, 1.82) is 0 Å². The van der Waals surface area contributed by atoms with E-state index in [1.165, 1.54) is 0 Å². The lowest BCUT2D eigenvalue weighted by molar-refractivity contribution is -0.137. The van der Waals surface area contributed by atoms with Crippen molar-refractivity contribution in [3.05, 3.63) is 34.1 Å². The number of ketones is 1. The van der Waals surface area contributed by atoms with Crippen molar-refractivity contribution >= 4 is 17.4 Å². The van der Waals surface area contributed by atoms with E-state index in [0.717, 1.165) is 6.92 Å². The number of Topliss-reactive ketones (excluding diaryl/α,β-unsaturated/α-hetero) is 1. The summed E-state index contributed by atoms with van der Waals surface area (Å²) in [7, 11) is 0. The molecule has 0 aliphatic rings. The van der Waals surface area contributed by atoms with Crippen LogP contribution in [0, 0.1) is 5.82 Å². The van der Waals surface area contributed by atoms with E-state index in [1.807, 2.05) is 0 Å². The quantitative estimate of drug-likeness (QED) is 0.540. The Hall–Kier alpha value is -1.10. The van der Waals surface area contributed by atoms with E-state index in [9.17, 15) is 22.4 Å². The molecule has 1 rings (SSSR count). The van der Waals surface area contributed by atoms with Gasteiger partial charge in [0, 0.05) is 5.56 Å². The van der Waals surface area contributed by atoms with Crippen LogP contribution in [0.15, 0.2) is 12.1 Å². The predicted molar refractivity (Wildman–Crippen MR) is 46.4 cm³/mol. The Morgan fingerprint density at radius 3 is 2.27 bits per heavy atom. The van der Waals surface area contributed by atoms with Gasteiger partial charge in [0.15, 0.2) is 5.78 Å². The number of halogens is 5. The minimum atomic E-state index is -4.72. The highest BCUT2D eigenvalue weighted by Crippen LogP contribution is 2.34. The van der Waals surface area contributed by atoms with Crippen molar-refractivity contribution in [1.82, 2.24) is 0 Å². The second-order valence-electron chi connectivity index (χ2n) is 2.87. The SMILES string of the molecule is CC(=O)c1cc(F)c(Cl)cc1C(F)(F)F. The van der Waals surface area contributed by atoms with Crippen LogP contribution in [0.5, 0.6) is 0 Å². The van der Waals surface area contributed by atoms with Gasteiger partial charge in [-0.25, -0.2) is 4.39 Å². The van der Waals surface area contributed by atoms with E-state index in [0.29, 0.717) is 12.1 Å². The van der Waals surface area contributed by atoms with E-state index >= 15 is 0 Å². The maximum Gasteiger partial charge on any atom is 0.417 e. The van der Waals surface area contributed by atoms with Gasteiger partial charge < -0.3 is 0 Å². The van der Waals surface area contributed by atoms with Crippen LogP contribution in [-0.4, -0.2) is 5.78 Å². The molecule has 1 aromatic rings. The molecular weight excluding hydrogens is 236 g/mol. The van der Waals surface area contributed by atoms with Crippen LogP contribution in [-0.2, 0) is 6.18 Å². The van der Waals surface area contributed by atoms with E-state index in [-0.39, 0.29) is 0 Å². The van der Waals surface area contributed by atoms with Gasteiger partial charge in [0.05, 0.1) is 10.6 Å². The fraction of sp³-hybridized carbons (Fsp3) is 0.222. The molecular formula is C9H5ClF4O. The molecule has 1 nitrogen and oxygen atoms in total. The molecule has 0 aliphatic heterocycles. The Morgan fingerprint density at radius 1 is 1.33 bits per heavy atom. The first-order valence-electron chi connectivity index (χ1n) is 3.80. The van der Waals surface area contributed by atoms with Crippen molar-refractivity contribution in [3.8, 4) is 0 Å². The maximum atomic E-state index is 12.9. The number of carbonyl (C=O) groups excluding carboxylic acids is 1. The Morgan fingerprint density at radius 2 is 1.87 bits per heavy atom. The van der Waals surface area contributed by atoms with Gasteiger partial charge in [-0.2, -0.15) is 13.2 Å². The molecule has 0 radical (unpaired) electrons. The standard InChI is InChI=1S/C9H5ClF4O/c1-4(15)5-2-8(11)7(10)3-6(5)9(12,13)14/h2-3H,1H3. The molecule has 15 heavy (non-hydrogen) atoms. The Kier molecular flexibility index (Phi) is 3.04. The smallest absolute Gasteiger partial charge is 0.294 e. The molecule has 0 atom stereocenters. The van der Waals surface area contributed by atoms with E-state index < -0.39 is 33.9 Å². The molecule has 0 saturated heterocycles. The lowest BCUT2D eigenvalue weighted by Crippen LogP contribution is -2.12. The van der Waals surface area contributed by atoms with Crippen LogP contribution < -0.4 is 0 Å². The first-order chi connectivity index (χ1) is 6.73. The average molecular weight is 241 g/mol. The fourth-order valence-corrected chi connectivity index (χ4v) is 1.24. The fourth-order valence-electron chi connectivity index (χ4n) is 1.07. The van der Waals surface area contributed by atoms with Gasteiger partial charge in [-0.3, -0.25) is 4.79 Å². The largest absolute Gasteiger partial charge is 0.417 e. The molecule has 0 aromatic heterocycles. The van der Waals surface area contributed by atoms with E-state index in [2.05, 4.69) is 0 Å². The van der Waals surface area contributed by atoms with Gasteiger partial charge in [-0.05, 0) is 19.1 Å². The summed E-state index contributed by atoms with van der Waals surface area (Å²) in [6.07, 6.45) is -4.72. The molecule has 0 aliphatic carbocycles. The zero-order valence-corrected chi connectivity index (χ0v) is 8.21. The number of hydrogen-bond donors (Lipinski definition) is 0. The van der Waals surface area contributed by atoms with Gasteiger partial charge in [0.2, 0.25) is 0 Å². The third-order valence-electron chi connectivity index (χ3n) is 1.75. The maximum absolute atomic E-state index is 12.9. The molecule has 0 unspecified atom stereocenters. The highest BCUT2D eigenvalue weighted by Gasteiger charge is 2.35. The molecule has 0 amide bonds. The van der Waals surface area contributed by atoms with Crippen molar-refractivity contribution in [2.75, 3.05) is 0 Å². The van der Waals surface area contributed by atoms with Crippen molar-refractivity contribution in [2.24, 2.45) is 0 Å². The topological polar surface area (TPSA) is 17.1 Å². The van der Waals surface area contributed by atoms with Crippen LogP contribution in [0.1, 0.15) is 22.8 Å².